The second-order valence-electron chi connectivity index (χ2n) is 5.20. The molecule has 1 atom stereocenters. The molecule has 1 fully saturated rings. The van der Waals surface area contributed by atoms with E-state index < -0.39 is 0 Å². The van der Waals surface area contributed by atoms with Gasteiger partial charge < -0.3 is 10.4 Å². The second-order valence-corrected chi connectivity index (χ2v) is 5.20. The number of hydrogen-bond acceptors (Lipinski definition) is 4. The Morgan fingerprint density at radius 2 is 2.42 bits per heavy atom. The molecule has 106 valence electrons. The molecule has 1 aliphatic heterocycles. The van der Waals surface area contributed by atoms with E-state index in [0.29, 0.717) is 12.6 Å². The Morgan fingerprint density at radius 3 is 3.21 bits per heavy atom. The summed E-state index contributed by atoms with van der Waals surface area (Å²) in [6.07, 6.45) is 6.41. The first-order chi connectivity index (χ1) is 9.33. The fraction of sp³-hybridized carbons (Fsp3) is 0.667. The first kappa shape index (κ1) is 14.3. The van der Waals surface area contributed by atoms with Crippen LogP contribution in [0.5, 0.6) is 0 Å². The van der Waals surface area contributed by atoms with Gasteiger partial charge in [-0.15, -0.1) is 0 Å². The van der Waals surface area contributed by atoms with E-state index in [4.69, 9.17) is 5.11 Å². The van der Waals surface area contributed by atoms with E-state index in [1.54, 1.807) is 0 Å². The Balaban J connectivity index is 1.93. The molecule has 0 amide bonds. The standard InChI is InChI=1S/C15H25N3O/c1-2-16-13-7-8-17-14(11-13)12-18-9-3-5-15(18)6-4-10-19/h7-8,11,15,19H,2-6,9-10,12H2,1H3,(H,16,17). The van der Waals surface area contributed by atoms with Gasteiger partial charge in [-0.3, -0.25) is 9.88 Å². The van der Waals surface area contributed by atoms with Crippen LogP contribution in [0.25, 0.3) is 0 Å². The van der Waals surface area contributed by atoms with Crippen molar-refractivity contribution in [3.63, 3.8) is 0 Å². The van der Waals surface area contributed by atoms with Gasteiger partial charge >= 0.3 is 0 Å². The number of nitrogens with one attached hydrogen (secondary N) is 1. The van der Waals surface area contributed by atoms with Gasteiger partial charge in [0.1, 0.15) is 0 Å². The smallest absolute Gasteiger partial charge is 0.0564 e. The van der Waals surface area contributed by atoms with E-state index in [1.807, 2.05) is 12.3 Å². The summed E-state index contributed by atoms with van der Waals surface area (Å²) in [7, 11) is 0. The molecule has 0 aromatic carbocycles. The maximum absolute atomic E-state index is 8.96. The summed E-state index contributed by atoms with van der Waals surface area (Å²) in [4.78, 5) is 6.98. The number of hydrogen-bond donors (Lipinski definition) is 2. The summed E-state index contributed by atoms with van der Waals surface area (Å²) >= 11 is 0. The number of anilines is 1. The van der Waals surface area contributed by atoms with Gasteiger partial charge in [0.25, 0.3) is 0 Å². The quantitative estimate of drug-likeness (QED) is 0.792. The molecular weight excluding hydrogens is 238 g/mol. The Bertz CT molecular complexity index is 383. The normalized spacial score (nSPS) is 19.8. The molecule has 4 heteroatoms. The molecule has 1 aromatic rings. The number of pyridine rings is 1. The van der Waals surface area contributed by atoms with E-state index in [-0.39, 0.29) is 0 Å². The number of likely N-dealkylation sites (tertiary alicyclic amines) is 1. The highest BCUT2D eigenvalue weighted by atomic mass is 16.2. The predicted octanol–water partition coefficient (Wildman–Crippen LogP) is 2.25. The van der Waals surface area contributed by atoms with E-state index in [2.05, 4.69) is 28.2 Å². The minimum atomic E-state index is 0.304. The molecule has 19 heavy (non-hydrogen) atoms. The van der Waals surface area contributed by atoms with Gasteiger partial charge in [0.15, 0.2) is 0 Å². The van der Waals surface area contributed by atoms with Crippen LogP contribution in [-0.2, 0) is 6.54 Å². The van der Waals surface area contributed by atoms with Crippen LogP contribution in [0.15, 0.2) is 18.3 Å². The Labute approximate surface area is 115 Å². The molecule has 2 heterocycles. The third-order valence-corrected chi connectivity index (χ3v) is 3.76. The molecule has 1 aromatic heterocycles. The van der Waals surface area contributed by atoms with Gasteiger partial charge in [-0.2, -0.15) is 0 Å². The molecule has 1 saturated heterocycles. The molecule has 1 unspecified atom stereocenters. The average molecular weight is 263 g/mol. The van der Waals surface area contributed by atoms with Crippen LogP contribution in [0.1, 0.15) is 38.3 Å². The fourth-order valence-electron chi connectivity index (χ4n) is 2.84. The van der Waals surface area contributed by atoms with Gasteiger partial charge in [-0.05, 0) is 51.3 Å². The van der Waals surface area contributed by atoms with Gasteiger partial charge in [-0.25, -0.2) is 0 Å². The minimum absolute atomic E-state index is 0.304. The van der Waals surface area contributed by atoms with Crippen molar-refractivity contribution < 1.29 is 5.11 Å². The SMILES string of the molecule is CCNc1ccnc(CN2CCCC2CCCO)c1. The summed E-state index contributed by atoms with van der Waals surface area (Å²) < 4.78 is 0. The molecule has 0 spiro atoms. The van der Waals surface area contributed by atoms with Crippen LogP contribution in [0.3, 0.4) is 0 Å². The van der Waals surface area contributed by atoms with E-state index in [1.165, 1.54) is 12.8 Å². The van der Waals surface area contributed by atoms with Crippen molar-refractivity contribution in [2.75, 3.05) is 25.0 Å². The third kappa shape index (κ3) is 4.18. The molecular formula is C15H25N3O. The highest BCUT2D eigenvalue weighted by Crippen LogP contribution is 2.23. The molecule has 0 saturated carbocycles. The van der Waals surface area contributed by atoms with Crippen molar-refractivity contribution >= 4 is 5.69 Å². The van der Waals surface area contributed by atoms with Crippen molar-refractivity contribution in [2.24, 2.45) is 0 Å². The summed E-state index contributed by atoms with van der Waals surface area (Å²) in [5.41, 5.74) is 2.29. The van der Waals surface area contributed by atoms with Crippen LogP contribution in [0.2, 0.25) is 0 Å². The molecule has 0 bridgehead atoms. The van der Waals surface area contributed by atoms with Crippen molar-refractivity contribution in [2.45, 2.75) is 45.2 Å². The van der Waals surface area contributed by atoms with Crippen LogP contribution in [0, 0.1) is 0 Å². The predicted molar refractivity (Wildman–Crippen MR) is 78.2 cm³/mol. The van der Waals surface area contributed by atoms with Crippen LogP contribution >= 0.6 is 0 Å². The Hall–Kier alpha value is -1.13. The lowest BCUT2D eigenvalue weighted by Gasteiger charge is -2.24. The highest BCUT2D eigenvalue weighted by molar-refractivity contribution is 5.42. The number of aliphatic hydroxyl groups excluding tert-OH is 1. The van der Waals surface area contributed by atoms with E-state index >= 15 is 0 Å². The second kappa shape index (κ2) is 7.46. The topological polar surface area (TPSA) is 48.4 Å². The van der Waals surface area contributed by atoms with Crippen molar-refractivity contribution in [1.29, 1.82) is 0 Å². The zero-order valence-electron chi connectivity index (χ0n) is 11.8. The zero-order chi connectivity index (χ0) is 13.5. The Morgan fingerprint density at radius 1 is 1.53 bits per heavy atom. The van der Waals surface area contributed by atoms with Gasteiger partial charge in [0, 0.05) is 37.6 Å². The van der Waals surface area contributed by atoms with Crippen molar-refractivity contribution in [3.8, 4) is 0 Å². The maximum atomic E-state index is 8.96. The van der Waals surface area contributed by atoms with Crippen molar-refractivity contribution in [1.82, 2.24) is 9.88 Å². The summed E-state index contributed by atoms with van der Waals surface area (Å²) in [5, 5.41) is 12.3. The van der Waals surface area contributed by atoms with Crippen LogP contribution in [0.4, 0.5) is 5.69 Å². The first-order valence-corrected chi connectivity index (χ1v) is 7.37. The zero-order valence-corrected chi connectivity index (χ0v) is 11.8. The molecule has 2 N–H and O–H groups in total. The molecule has 4 nitrogen and oxygen atoms in total. The lowest BCUT2D eigenvalue weighted by atomic mass is 10.1. The number of aromatic nitrogens is 1. The van der Waals surface area contributed by atoms with Crippen LogP contribution < -0.4 is 5.32 Å². The van der Waals surface area contributed by atoms with Crippen molar-refractivity contribution in [3.05, 3.63) is 24.0 Å². The minimum Gasteiger partial charge on any atom is -0.396 e. The van der Waals surface area contributed by atoms with Crippen LogP contribution in [-0.4, -0.2) is 40.7 Å². The average Bonchev–Trinajstić information content (AvgIpc) is 2.84. The van der Waals surface area contributed by atoms with Gasteiger partial charge in [0.2, 0.25) is 0 Å². The lowest BCUT2D eigenvalue weighted by Crippen LogP contribution is -2.29. The largest absolute Gasteiger partial charge is 0.396 e. The fourth-order valence-corrected chi connectivity index (χ4v) is 2.84. The highest BCUT2D eigenvalue weighted by Gasteiger charge is 2.24. The maximum Gasteiger partial charge on any atom is 0.0564 e. The third-order valence-electron chi connectivity index (χ3n) is 3.76. The molecule has 1 aliphatic rings. The Kier molecular flexibility index (Phi) is 5.61. The summed E-state index contributed by atoms with van der Waals surface area (Å²) in [6.45, 7) is 5.43. The molecule has 2 rings (SSSR count). The molecule has 0 aliphatic carbocycles. The van der Waals surface area contributed by atoms with E-state index in [9.17, 15) is 0 Å². The number of rotatable bonds is 7. The van der Waals surface area contributed by atoms with Gasteiger partial charge in [0.05, 0.1) is 5.69 Å². The monoisotopic (exact) mass is 263 g/mol. The lowest BCUT2D eigenvalue weighted by molar-refractivity contribution is 0.208. The first-order valence-electron chi connectivity index (χ1n) is 7.37. The summed E-state index contributed by atoms with van der Waals surface area (Å²) in [5.74, 6) is 0. The number of nitrogens with zero attached hydrogens (tertiary/aromatic N) is 2. The van der Waals surface area contributed by atoms with Gasteiger partial charge in [-0.1, -0.05) is 0 Å². The molecule has 0 radical (unpaired) electrons. The van der Waals surface area contributed by atoms with E-state index in [0.717, 1.165) is 43.9 Å². The summed E-state index contributed by atoms with van der Waals surface area (Å²) in [6, 6.07) is 4.78. The number of aliphatic hydroxyl groups is 1.